The monoisotopic (exact) mass is 247 g/mol. The summed E-state index contributed by atoms with van der Waals surface area (Å²) in [6.45, 7) is 4.13. The quantitative estimate of drug-likeness (QED) is 0.817. The molecule has 0 bridgehead atoms. The van der Waals surface area contributed by atoms with Gasteiger partial charge in [-0.1, -0.05) is 41.6 Å². The van der Waals surface area contributed by atoms with Crippen molar-refractivity contribution in [2.75, 3.05) is 0 Å². The van der Waals surface area contributed by atoms with E-state index in [2.05, 4.69) is 41.2 Å². The number of nitrogens with zero attached hydrogens (tertiary/aromatic N) is 1. The lowest BCUT2D eigenvalue weighted by atomic mass is 10.0. The standard InChI is InChI=1S/C13H17N3S/c1-9-4-3-5-11(8-9)12(10(2)14)17-13-15-6-7-16-13/h3-8,10,12H,14H2,1-2H3,(H,15,16). The number of hydrogen-bond acceptors (Lipinski definition) is 3. The molecule has 17 heavy (non-hydrogen) atoms. The summed E-state index contributed by atoms with van der Waals surface area (Å²) >= 11 is 1.67. The molecule has 2 rings (SSSR count). The van der Waals surface area contributed by atoms with Crippen molar-refractivity contribution in [3.05, 3.63) is 47.8 Å². The number of thioether (sulfide) groups is 1. The molecule has 0 aliphatic rings. The van der Waals surface area contributed by atoms with E-state index in [0.29, 0.717) is 0 Å². The normalized spacial score (nSPS) is 14.5. The van der Waals surface area contributed by atoms with E-state index in [1.807, 2.05) is 13.1 Å². The van der Waals surface area contributed by atoms with E-state index >= 15 is 0 Å². The summed E-state index contributed by atoms with van der Waals surface area (Å²) in [6, 6.07) is 8.55. The second-order valence-electron chi connectivity index (χ2n) is 4.21. The van der Waals surface area contributed by atoms with Gasteiger partial charge in [0.25, 0.3) is 0 Å². The van der Waals surface area contributed by atoms with Crippen molar-refractivity contribution in [2.45, 2.75) is 30.3 Å². The average molecular weight is 247 g/mol. The molecule has 0 amide bonds. The molecular formula is C13H17N3S. The molecule has 3 N–H and O–H groups in total. The van der Waals surface area contributed by atoms with Gasteiger partial charge in [-0.25, -0.2) is 4.98 Å². The largest absolute Gasteiger partial charge is 0.340 e. The third-order valence-corrected chi connectivity index (χ3v) is 3.96. The van der Waals surface area contributed by atoms with E-state index in [0.717, 1.165) is 5.16 Å². The van der Waals surface area contributed by atoms with Gasteiger partial charge in [0.2, 0.25) is 0 Å². The molecule has 0 saturated heterocycles. The van der Waals surface area contributed by atoms with E-state index in [1.54, 1.807) is 18.0 Å². The van der Waals surface area contributed by atoms with Crippen LogP contribution in [0.25, 0.3) is 0 Å². The zero-order valence-electron chi connectivity index (χ0n) is 10.1. The summed E-state index contributed by atoms with van der Waals surface area (Å²) in [5.41, 5.74) is 8.58. The molecule has 1 aromatic heterocycles. The summed E-state index contributed by atoms with van der Waals surface area (Å²) in [4.78, 5) is 7.34. The molecule has 4 heteroatoms. The first kappa shape index (κ1) is 12.2. The van der Waals surface area contributed by atoms with Gasteiger partial charge in [-0.05, 0) is 19.4 Å². The maximum absolute atomic E-state index is 6.07. The Morgan fingerprint density at radius 2 is 2.24 bits per heavy atom. The highest BCUT2D eigenvalue weighted by Crippen LogP contribution is 2.35. The number of nitrogens with two attached hydrogens (primary N) is 1. The summed E-state index contributed by atoms with van der Waals surface area (Å²) in [6.07, 6.45) is 3.59. The molecule has 90 valence electrons. The van der Waals surface area contributed by atoms with Crippen molar-refractivity contribution in [2.24, 2.45) is 5.73 Å². The van der Waals surface area contributed by atoms with Gasteiger partial charge in [-0.3, -0.25) is 0 Å². The van der Waals surface area contributed by atoms with Crippen LogP contribution >= 0.6 is 11.8 Å². The number of benzene rings is 1. The summed E-state index contributed by atoms with van der Waals surface area (Å²) in [5.74, 6) is 0. The van der Waals surface area contributed by atoms with Crippen molar-refractivity contribution in [3.63, 3.8) is 0 Å². The minimum atomic E-state index is 0.0758. The van der Waals surface area contributed by atoms with Crippen LogP contribution in [0.2, 0.25) is 0 Å². The Hall–Kier alpha value is -1.26. The lowest BCUT2D eigenvalue weighted by molar-refractivity contribution is 0.718. The number of aromatic amines is 1. The molecule has 0 radical (unpaired) electrons. The number of aryl methyl sites for hydroxylation is 1. The van der Waals surface area contributed by atoms with Crippen LogP contribution in [0.15, 0.2) is 41.8 Å². The Morgan fingerprint density at radius 1 is 1.41 bits per heavy atom. The average Bonchev–Trinajstić information content (AvgIpc) is 2.78. The Kier molecular flexibility index (Phi) is 3.86. The number of rotatable bonds is 4. The SMILES string of the molecule is Cc1cccc(C(Sc2ncc[nH]2)C(C)N)c1. The van der Waals surface area contributed by atoms with Crippen molar-refractivity contribution in [1.82, 2.24) is 9.97 Å². The minimum Gasteiger partial charge on any atom is -0.340 e. The van der Waals surface area contributed by atoms with Gasteiger partial charge >= 0.3 is 0 Å². The Balaban J connectivity index is 2.23. The van der Waals surface area contributed by atoms with Gasteiger partial charge in [0.1, 0.15) is 0 Å². The molecule has 2 aromatic rings. The van der Waals surface area contributed by atoms with Gasteiger partial charge in [0, 0.05) is 18.4 Å². The van der Waals surface area contributed by atoms with E-state index < -0.39 is 0 Å². The second kappa shape index (κ2) is 5.38. The topological polar surface area (TPSA) is 54.7 Å². The molecule has 2 unspecified atom stereocenters. The van der Waals surface area contributed by atoms with Gasteiger partial charge in [0.05, 0.1) is 5.25 Å². The van der Waals surface area contributed by atoms with Crippen LogP contribution in [0, 0.1) is 6.92 Å². The molecule has 3 nitrogen and oxygen atoms in total. The Labute approximate surface area is 106 Å². The van der Waals surface area contributed by atoms with Gasteiger partial charge in [0.15, 0.2) is 5.16 Å². The fourth-order valence-corrected chi connectivity index (χ4v) is 2.76. The molecule has 1 heterocycles. The third-order valence-electron chi connectivity index (χ3n) is 2.56. The van der Waals surface area contributed by atoms with Crippen LogP contribution in [0.4, 0.5) is 0 Å². The summed E-state index contributed by atoms with van der Waals surface area (Å²) in [7, 11) is 0. The number of imidazole rings is 1. The van der Waals surface area contributed by atoms with Gasteiger partial charge < -0.3 is 10.7 Å². The molecule has 0 saturated carbocycles. The zero-order valence-corrected chi connectivity index (χ0v) is 10.9. The Bertz CT molecular complexity index is 465. The van der Waals surface area contributed by atoms with Gasteiger partial charge in [-0.15, -0.1) is 0 Å². The predicted molar refractivity (Wildman–Crippen MR) is 72.0 cm³/mol. The van der Waals surface area contributed by atoms with Crippen molar-refractivity contribution in [3.8, 4) is 0 Å². The number of hydrogen-bond donors (Lipinski definition) is 2. The molecule has 0 aliphatic carbocycles. The first-order valence-corrected chi connectivity index (χ1v) is 6.53. The van der Waals surface area contributed by atoms with Crippen molar-refractivity contribution >= 4 is 11.8 Å². The first-order valence-electron chi connectivity index (χ1n) is 5.65. The molecule has 0 spiro atoms. The Morgan fingerprint density at radius 3 is 2.82 bits per heavy atom. The summed E-state index contributed by atoms with van der Waals surface area (Å²) in [5, 5.41) is 1.13. The highest BCUT2D eigenvalue weighted by Gasteiger charge is 2.18. The molecule has 1 aromatic carbocycles. The first-order chi connectivity index (χ1) is 8.16. The van der Waals surface area contributed by atoms with Crippen LogP contribution in [0.5, 0.6) is 0 Å². The van der Waals surface area contributed by atoms with Crippen LogP contribution in [-0.2, 0) is 0 Å². The molecule has 0 fully saturated rings. The maximum Gasteiger partial charge on any atom is 0.165 e. The second-order valence-corrected chi connectivity index (χ2v) is 5.34. The highest BCUT2D eigenvalue weighted by atomic mass is 32.2. The molecule has 2 atom stereocenters. The lowest BCUT2D eigenvalue weighted by Crippen LogP contribution is -2.22. The number of H-pyrrole nitrogens is 1. The molecule has 0 aliphatic heterocycles. The number of aromatic nitrogens is 2. The maximum atomic E-state index is 6.07. The van der Waals surface area contributed by atoms with E-state index in [9.17, 15) is 0 Å². The fourth-order valence-electron chi connectivity index (χ4n) is 1.76. The van der Waals surface area contributed by atoms with Crippen LogP contribution < -0.4 is 5.73 Å². The van der Waals surface area contributed by atoms with Crippen molar-refractivity contribution in [1.29, 1.82) is 0 Å². The zero-order chi connectivity index (χ0) is 12.3. The van der Waals surface area contributed by atoms with E-state index in [-0.39, 0.29) is 11.3 Å². The predicted octanol–water partition coefficient (Wildman–Crippen LogP) is 2.90. The summed E-state index contributed by atoms with van der Waals surface area (Å²) < 4.78 is 0. The minimum absolute atomic E-state index is 0.0758. The van der Waals surface area contributed by atoms with Gasteiger partial charge in [-0.2, -0.15) is 0 Å². The van der Waals surface area contributed by atoms with E-state index in [1.165, 1.54) is 11.1 Å². The van der Waals surface area contributed by atoms with Crippen LogP contribution in [0.1, 0.15) is 23.3 Å². The van der Waals surface area contributed by atoms with E-state index in [4.69, 9.17) is 5.73 Å². The van der Waals surface area contributed by atoms with Crippen LogP contribution in [0.3, 0.4) is 0 Å². The highest BCUT2D eigenvalue weighted by molar-refractivity contribution is 7.99. The lowest BCUT2D eigenvalue weighted by Gasteiger charge is -2.19. The molecular weight excluding hydrogens is 230 g/mol. The smallest absolute Gasteiger partial charge is 0.165 e. The fraction of sp³-hybridized carbons (Fsp3) is 0.308. The third kappa shape index (κ3) is 3.11. The number of nitrogens with one attached hydrogen (secondary N) is 1. The van der Waals surface area contributed by atoms with Crippen molar-refractivity contribution < 1.29 is 0 Å². The van der Waals surface area contributed by atoms with Crippen LogP contribution in [-0.4, -0.2) is 16.0 Å².